The van der Waals surface area contributed by atoms with Crippen LogP contribution in [0.1, 0.15) is 46.5 Å². The number of hydrogen-bond acceptors (Lipinski definition) is 4. The van der Waals surface area contributed by atoms with Gasteiger partial charge in [-0.15, -0.1) is 0 Å². The van der Waals surface area contributed by atoms with Crippen molar-refractivity contribution < 1.29 is 4.42 Å². The van der Waals surface area contributed by atoms with Crippen LogP contribution in [0.5, 0.6) is 0 Å². The maximum atomic E-state index is 12.0. The maximum absolute atomic E-state index is 12.0. The highest BCUT2D eigenvalue weighted by Crippen LogP contribution is 2.31. The third-order valence-electron chi connectivity index (χ3n) is 5.31. The zero-order chi connectivity index (χ0) is 17.1. The minimum absolute atomic E-state index is 0.287. The molecule has 1 N–H and O–H groups in total. The Morgan fingerprint density at radius 3 is 2.62 bits per heavy atom. The van der Waals surface area contributed by atoms with Crippen LogP contribution in [0.15, 0.2) is 33.5 Å². The van der Waals surface area contributed by atoms with Crippen molar-refractivity contribution in [3.8, 4) is 0 Å². The van der Waals surface area contributed by atoms with Crippen molar-refractivity contribution in [3.05, 3.63) is 34.7 Å². The van der Waals surface area contributed by atoms with Crippen molar-refractivity contribution in [2.24, 2.45) is 5.92 Å². The molecule has 2 atom stereocenters. The third-order valence-corrected chi connectivity index (χ3v) is 5.31. The second-order valence-corrected chi connectivity index (χ2v) is 6.84. The van der Waals surface area contributed by atoms with Crippen molar-refractivity contribution >= 4 is 22.3 Å². The van der Waals surface area contributed by atoms with E-state index in [4.69, 9.17) is 4.42 Å². The summed E-state index contributed by atoms with van der Waals surface area (Å²) >= 11 is 0. The molecule has 1 fully saturated rings. The normalized spacial score (nSPS) is 21.0. The predicted octanol–water partition coefficient (Wildman–Crippen LogP) is 4.63. The summed E-state index contributed by atoms with van der Waals surface area (Å²) in [5.41, 5.74) is 2.38. The Hall–Kier alpha value is -1.97. The summed E-state index contributed by atoms with van der Waals surface area (Å²) in [6.07, 6.45) is 4.99. The van der Waals surface area contributed by atoms with Crippen molar-refractivity contribution in [1.29, 1.82) is 0 Å². The lowest BCUT2D eigenvalue weighted by molar-refractivity contribution is 0.349. The van der Waals surface area contributed by atoms with E-state index in [-0.39, 0.29) is 5.63 Å². The summed E-state index contributed by atoms with van der Waals surface area (Å²) in [7, 11) is 0. The van der Waals surface area contributed by atoms with Crippen molar-refractivity contribution in [2.45, 2.75) is 52.5 Å². The van der Waals surface area contributed by atoms with Gasteiger partial charge in [0.05, 0.1) is 5.69 Å². The summed E-state index contributed by atoms with van der Waals surface area (Å²) in [6, 6.07) is 8.21. The minimum Gasteiger partial charge on any atom is -0.423 e. The van der Waals surface area contributed by atoms with Gasteiger partial charge in [-0.2, -0.15) is 0 Å². The Labute approximate surface area is 143 Å². The standard InChI is InChI=1S/C20H28N2O2/c1-4-22(5-2)15-10-11-16-18(13-20(23)24-19(16)12-15)21-17-9-7-6-8-14(17)3/h10-14,17,21H,4-9H2,1-3H3/t14-,17+/m1/s1. The van der Waals surface area contributed by atoms with E-state index in [0.717, 1.165) is 29.9 Å². The number of nitrogens with one attached hydrogen (secondary N) is 1. The van der Waals surface area contributed by atoms with Gasteiger partial charge < -0.3 is 14.6 Å². The van der Waals surface area contributed by atoms with Gasteiger partial charge in [0.15, 0.2) is 0 Å². The number of nitrogens with zero attached hydrogens (tertiary/aromatic N) is 1. The Morgan fingerprint density at radius 2 is 1.92 bits per heavy atom. The molecular formula is C20H28N2O2. The van der Waals surface area contributed by atoms with E-state index in [1.54, 1.807) is 6.07 Å². The van der Waals surface area contributed by atoms with Crippen LogP contribution in [0, 0.1) is 5.92 Å². The quantitative estimate of drug-likeness (QED) is 0.813. The molecule has 4 nitrogen and oxygen atoms in total. The van der Waals surface area contributed by atoms with Gasteiger partial charge in [0.25, 0.3) is 0 Å². The molecule has 1 aromatic heterocycles. The monoisotopic (exact) mass is 328 g/mol. The average Bonchev–Trinajstić information content (AvgIpc) is 2.57. The molecule has 0 radical (unpaired) electrons. The SMILES string of the molecule is CCN(CC)c1ccc2c(N[C@H]3CCCC[C@H]3C)cc(=O)oc2c1. The van der Waals surface area contributed by atoms with Gasteiger partial charge in [0.2, 0.25) is 0 Å². The molecule has 0 bridgehead atoms. The predicted molar refractivity (Wildman–Crippen MR) is 101 cm³/mol. The summed E-state index contributed by atoms with van der Waals surface area (Å²) in [5, 5.41) is 4.61. The maximum Gasteiger partial charge on any atom is 0.338 e. The van der Waals surface area contributed by atoms with E-state index in [1.807, 2.05) is 6.07 Å². The van der Waals surface area contributed by atoms with Gasteiger partial charge in [-0.05, 0) is 44.7 Å². The summed E-state index contributed by atoms with van der Waals surface area (Å²) < 4.78 is 5.48. The molecule has 1 saturated carbocycles. The molecule has 130 valence electrons. The largest absolute Gasteiger partial charge is 0.423 e. The van der Waals surface area contributed by atoms with Crippen LogP contribution in [-0.2, 0) is 0 Å². The van der Waals surface area contributed by atoms with E-state index in [2.05, 4.69) is 43.1 Å². The Balaban J connectivity index is 1.97. The molecule has 0 aliphatic heterocycles. The molecule has 0 spiro atoms. The lowest BCUT2D eigenvalue weighted by Gasteiger charge is -2.30. The number of fused-ring (bicyclic) bond motifs is 1. The molecule has 0 unspecified atom stereocenters. The highest BCUT2D eigenvalue weighted by Gasteiger charge is 2.22. The lowest BCUT2D eigenvalue weighted by Crippen LogP contribution is -2.30. The van der Waals surface area contributed by atoms with E-state index >= 15 is 0 Å². The van der Waals surface area contributed by atoms with Crippen LogP contribution in [-0.4, -0.2) is 19.1 Å². The molecule has 2 aromatic rings. The van der Waals surface area contributed by atoms with Gasteiger partial charge >= 0.3 is 5.63 Å². The fourth-order valence-electron chi connectivity index (χ4n) is 3.79. The highest BCUT2D eigenvalue weighted by molar-refractivity contribution is 5.91. The van der Waals surface area contributed by atoms with Crippen LogP contribution >= 0.6 is 0 Å². The van der Waals surface area contributed by atoms with Crippen LogP contribution < -0.4 is 15.8 Å². The van der Waals surface area contributed by atoms with Gasteiger partial charge in [0, 0.05) is 42.3 Å². The first-order valence-corrected chi connectivity index (χ1v) is 9.21. The molecule has 0 saturated heterocycles. The van der Waals surface area contributed by atoms with Crippen molar-refractivity contribution in [2.75, 3.05) is 23.3 Å². The van der Waals surface area contributed by atoms with Crippen molar-refractivity contribution in [1.82, 2.24) is 0 Å². The van der Waals surface area contributed by atoms with E-state index in [0.29, 0.717) is 17.5 Å². The lowest BCUT2D eigenvalue weighted by atomic mass is 9.86. The molecular weight excluding hydrogens is 300 g/mol. The summed E-state index contributed by atoms with van der Waals surface area (Å²) in [4.78, 5) is 14.3. The number of hydrogen-bond donors (Lipinski definition) is 1. The van der Waals surface area contributed by atoms with Crippen LogP contribution in [0.3, 0.4) is 0 Å². The van der Waals surface area contributed by atoms with E-state index in [1.165, 1.54) is 25.7 Å². The first kappa shape index (κ1) is 16.9. The highest BCUT2D eigenvalue weighted by atomic mass is 16.4. The van der Waals surface area contributed by atoms with Crippen LogP contribution in [0.4, 0.5) is 11.4 Å². The Bertz CT molecular complexity index is 749. The molecule has 0 amide bonds. The van der Waals surface area contributed by atoms with Gasteiger partial charge in [-0.25, -0.2) is 4.79 Å². The summed E-state index contributed by atoms with van der Waals surface area (Å²) in [5.74, 6) is 0.635. The molecule has 3 rings (SSSR count). The van der Waals surface area contributed by atoms with E-state index in [9.17, 15) is 4.79 Å². The average molecular weight is 328 g/mol. The Morgan fingerprint density at radius 1 is 1.17 bits per heavy atom. The second-order valence-electron chi connectivity index (χ2n) is 6.84. The fourth-order valence-corrected chi connectivity index (χ4v) is 3.79. The second kappa shape index (κ2) is 7.29. The van der Waals surface area contributed by atoms with Gasteiger partial charge in [-0.3, -0.25) is 0 Å². The number of anilines is 2. The first-order valence-electron chi connectivity index (χ1n) is 9.21. The first-order chi connectivity index (χ1) is 11.6. The number of rotatable bonds is 5. The summed E-state index contributed by atoms with van der Waals surface area (Å²) in [6.45, 7) is 8.43. The fraction of sp³-hybridized carbons (Fsp3) is 0.550. The zero-order valence-electron chi connectivity index (χ0n) is 15.0. The minimum atomic E-state index is -0.287. The van der Waals surface area contributed by atoms with Crippen molar-refractivity contribution in [3.63, 3.8) is 0 Å². The van der Waals surface area contributed by atoms with E-state index < -0.39 is 0 Å². The zero-order valence-corrected chi connectivity index (χ0v) is 15.0. The van der Waals surface area contributed by atoms with Gasteiger partial charge in [0.1, 0.15) is 5.58 Å². The molecule has 4 heteroatoms. The van der Waals surface area contributed by atoms with Gasteiger partial charge in [-0.1, -0.05) is 19.8 Å². The Kier molecular flexibility index (Phi) is 5.12. The topological polar surface area (TPSA) is 45.5 Å². The van der Waals surface area contributed by atoms with Crippen LogP contribution in [0.25, 0.3) is 11.0 Å². The molecule has 1 heterocycles. The smallest absolute Gasteiger partial charge is 0.338 e. The molecule has 1 aliphatic carbocycles. The molecule has 24 heavy (non-hydrogen) atoms. The number of benzene rings is 1. The van der Waals surface area contributed by atoms with Crippen LogP contribution in [0.2, 0.25) is 0 Å². The molecule has 1 aromatic carbocycles. The third kappa shape index (κ3) is 3.42. The molecule has 1 aliphatic rings.